The maximum Gasteiger partial charge on any atom is 0.258 e. The Hall–Kier alpha value is -3.44. The molecular formula is C22H19N3O2. The first-order valence-electron chi connectivity index (χ1n) is 8.69. The van der Waals surface area contributed by atoms with E-state index < -0.39 is 0 Å². The number of aromatic nitrogens is 2. The van der Waals surface area contributed by atoms with Gasteiger partial charge in [0.2, 0.25) is 5.82 Å². The van der Waals surface area contributed by atoms with Crippen molar-refractivity contribution in [1.82, 2.24) is 10.1 Å². The topological polar surface area (TPSA) is 74.2 Å². The van der Waals surface area contributed by atoms with Crippen LogP contribution in [0.15, 0.2) is 77.3 Å². The molecule has 0 atom stereocenters. The van der Waals surface area contributed by atoms with Crippen molar-refractivity contribution < 1.29 is 9.26 Å². The fraction of sp³-hybridized carbons (Fsp3) is 0.0909. The van der Waals surface area contributed by atoms with Gasteiger partial charge in [0.05, 0.1) is 0 Å². The lowest BCUT2D eigenvalue weighted by molar-refractivity contribution is 0.432. The Morgan fingerprint density at radius 2 is 1.41 bits per heavy atom. The van der Waals surface area contributed by atoms with Crippen molar-refractivity contribution in [3.05, 3.63) is 83.9 Å². The zero-order valence-electron chi connectivity index (χ0n) is 14.9. The number of rotatable bonds is 5. The fourth-order valence-electron chi connectivity index (χ4n) is 2.66. The minimum Gasteiger partial charge on any atom is -0.457 e. The highest BCUT2D eigenvalue weighted by Crippen LogP contribution is 2.26. The van der Waals surface area contributed by atoms with E-state index in [4.69, 9.17) is 15.0 Å². The molecule has 0 unspecified atom stereocenters. The van der Waals surface area contributed by atoms with Gasteiger partial charge < -0.3 is 15.0 Å². The highest BCUT2D eigenvalue weighted by atomic mass is 16.5. The van der Waals surface area contributed by atoms with E-state index in [9.17, 15) is 0 Å². The lowest BCUT2D eigenvalue weighted by Gasteiger charge is -2.06. The summed E-state index contributed by atoms with van der Waals surface area (Å²) < 4.78 is 11.2. The molecule has 0 spiro atoms. The van der Waals surface area contributed by atoms with E-state index in [2.05, 4.69) is 10.1 Å². The summed E-state index contributed by atoms with van der Waals surface area (Å²) in [6.45, 7) is 2.55. The van der Waals surface area contributed by atoms with Crippen LogP contribution in [0, 0.1) is 6.92 Å². The summed E-state index contributed by atoms with van der Waals surface area (Å²) in [6, 6.07) is 23.3. The standard InChI is InChI=1S/C22H19N3O2/c1-15-2-10-19(11-3-15)26-20-12-8-17(9-13-20)21-24-22(27-25-21)18-6-4-16(14-23)5-7-18/h2-13H,14,23H2,1H3. The SMILES string of the molecule is Cc1ccc(Oc2ccc(-c3noc(-c4ccc(CN)cc4)n3)cc2)cc1. The molecule has 0 aliphatic heterocycles. The molecule has 0 radical (unpaired) electrons. The van der Waals surface area contributed by atoms with E-state index in [0.717, 1.165) is 28.2 Å². The van der Waals surface area contributed by atoms with Crippen LogP contribution in [-0.4, -0.2) is 10.1 Å². The third-order valence-electron chi connectivity index (χ3n) is 4.23. The lowest BCUT2D eigenvalue weighted by Crippen LogP contribution is -1.95. The Kier molecular flexibility index (Phi) is 4.68. The molecule has 4 aromatic rings. The third kappa shape index (κ3) is 3.88. The molecule has 5 nitrogen and oxygen atoms in total. The van der Waals surface area contributed by atoms with Gasteiger partial charge in [-0.1, -0.05) is 35.0 Å². The minimum absolute atomic E-state index is 0.480. The second-order valence-electron chi connectivity index (χ2n) is 6.26. The average Bonchev–Trinajstić information content (AvgIpc) is 3.21. The summed E-state index contributed by atoms with van der Waals surface area (Å²) in [4.78, 5) is 4.48. The van der Waals surface area contributed by atoms with Crippen molar-refractivity contribution in [3.8, 4) is 34.3 Å². The lowest BCUT2D eigenvalue weighted by atomic mass is 10.1. The van der Waals surface area contributed by atoms with Gasteiger partial charge in [-0.05, 0) is 61.0 Å². The highest BCUT2D eigenvalue weighted by Gasteiger charge is 2.11. The first-order valence-corrected chi connectivity index (χ1v) is 8.69. The number of benzene rings is 3. The second kappa shape index (κ2) is 7.43. The van der Waals surface area contributed by atoms with Crippen LogP contribution >= 0.6 is 0 Å². The molecule has 27 heavy (non-hydrogen) atoms. The van der Waals surface area contributed by atoms with Crippen LogP contribution in [-0.2, 0) is 6.54 Å². The first kappa shape index (κ1) is 17.0. The summed E-state index contributed by atoms with van der Waals surface area (Å²) in [7, 11) is 0. The van der Waals surface area contributed by atoms with Gasteiger partial charge in [-0.2, -0.15) is 4.98 Å². The predicted molar refractivity (Wildman–Crippen MR) is 104 cm³/mol. The minimum atomic E-state index is 0.480. The van der Waals surface area contributed by atoms with Crippen LogP contribution in [0.25, 0.3) is 22.8 Å². The second-order valence-corrected chi connectivity index (χ2v) is 6.26. The van der Waals surface area contributed by atoms with Gasteiger partial charge in [0.1, 0.15) is 11.5 Å². The average molecular weight is 357 g/mol. The molecule has 0 saturated carbocycles. The maximum absolute atomic E-state index is 5.85. The van der Waals surface area contributed by atoms with Crippen LogP contribution in [0.2, 0.25) is 0 Å². The van der Waals surface area contributed by atoms with Gasteiger partial charge in [0.25, 0.3) is 5.89 Å². The van der Waals surface area contributed by atoms with Crippen molar-refractivity contribution in [2.75, 3.05) is 0 Å². The monoisotopic (exact) mass is 357 g/mol. The Balaban J connectivity index is 1.50. The van der Waals surface area contributed by atoms with E-state index in [1.54, 1.807) is 0 Å². The van der Waals surface area contributed by atoms with Gasteiger partial charge in [-0.15, -0.1) is 0 Å². The molecule has 0 aliphatic rings. The molecule has 0 bridgehead atoms. The van der Waals surface area contributed by atoms with Crippen LogP contribution in [0.5, 0.6) is 11.5 Å². The summed E-state index contributed by atoms with van der Waals surface area (Å²) >= 11 is 0. The molecule has 0 amide bonds. The zero-order valence-corrected chi connectivity index (χ0v) is 14.9. The molecule has 4 rings (SSSR count). The van der Waals surface area contributed by atoms with Crippen molar-refractivity contribution in [2.24, 2.45) is 5.73 Å². The Morgan fingerprint density at radius 3 is 2.04 bits per heavy atom. The summed E-state index contributed by atoms with van der Waals surface area (Å²) in [5.41, 5.74) is 9.61. The molecular weight excluding hydrogens is 338 g/mol. The van der Waals surface area contributed by atoms with E-state index in [1.165, 1.54) is 5.56 Å². The Bertz CT molecular complexity index is 1020. The van der Waals surface area contributed by atoms with Crippen LogP contribution in [0.4, 0.5) is 0 Å². The molecule has 1 heterocycles. The normalized spacial score (nSPS) is 10.7. The molecule has 5 heteroatoms. The van der Waals surface area contributed by atoms with Crippen molar-refractivity contribution in [2.45, 2.75) is 13.5 Å². The summed E-state index contributed by atoms with van der Waals surface area (Å²) in [6.07, 6.45) is 0. The number of nitrogens with two attached hydrogens (primary N) is 1. The van der Waals surface area contributed by atoms with Gasteiger partial charge in [-0.3, -0.25) is 0 Å². The number of hydrogen-bond donors (Lipinski definition) is 1. The number of ether oxygens (including phenoxy) is 1. The van der Waals surface area contributed by atoms with E-state index in [0.29, 0.717) is 18.3 Å². The largest absolute Gasteiger partial charge is 0.457 e. The highest BCUT2D eigenvalue weighted by molar-refractivity contribution is 5.60. The number of nitrogens with zero attached hydrogens (tertiary/aromatic N) is 2. The number of hydrogen-bond acceptors (Lipinski definition) is 5. The van der Waals surface area contributed by atoms with Crippen LogP contribution in [0.1, 0.15) is 11.1 Å². The fourth-order valence-corrected chi connectivity index (χ4v) is 2.66. The van der Waals surface area contributed by atoms with Crippen molar-refractivity contribution >= 4 is 0 Å². The quantitative estimate of drug-likeness (QED) is 0.546. The van der Waals surface area contributed by atoms with Gasteiger partial charge in [0.15, 0.2) is 0 Å². The van der Waals surface area contributed by atoms with E-state index in [-0.39, 0.29) is 0 Å². The van der Waals surface area contributed by atoms with E-state index in [1.807, 2.05) is 79.7 Å². The molecule has 1 aromatic heterocycles. The molecule has 2 N–H and O–H groups in total. The maximum atomic E-state index is 5.85. The van der Waals surface area contributed by atoms with Gasteiger partial charge >= 0.3 is 0 Å². The predicted octanol–water partition coefficient (Wildman–Crippen LogP) is 4.96. The van der Waals surface area contributed by atoms with Crippen LogP contribution in [0.3, 0.4) is 0 Å². The molecule has 134 valence electrons. The Labute approximate surface area is 157 Å². The third-order valence-corrected chi connectivity index (χ3v) is 4.23. The van der Waals surface area contributed by atoms with Crippen LogP contribution < -0.4 is 10.5 Å². The van der Waals surface area contributed by atoms with E-state index >= 15 is 0 Å². The van der Waals surface area contributed by atoms with Crippen molar-refractivity contribution in [1.29, 1.82) is 0 Å². The smallest absolute Gasteiger partial charge is 0.258 e. The molecule has 3 aromatic carbocycles. The van der Waals surface area contributed by atoms with Gasteiger partial charge in [-0.25, -0.2) is 0 Å². The zero-order chi connectivity index (χ0) is 18.6. The molecule has 0 aliphatic carbocycles. The van der Waals surface area contributed by atoms with Gasteiger partial charge in [0, 0.05) is 17.7 Å². The summed E-state index contributed by atoms with van der Waals surface area (Å²) in [5.74, 6) is 2.57. The van der Waals surface area contributed by atoms with Crippen molar-refractivity contribution in [3.63, 3.8) is 0 Å². The molecule has 0 saturated heterocycles. The molecule has 0 fully saturated rings. The Morgan fingerprint density at radius 1 is 0.815 bits per heavy atom. The number of aryl methyl sites for hydroxylation is 1. The first-order chi connectivity index (χ1) is 13.2. The summed E-state index contributed by atoms with van der Waals surface area (Å²) in [5, 5.41) is 4.08.